The second-order valence-corrected chi connectivity index (χ2v) is 9.48. The number of halogens is 9. The molecule has 4 heterocycles. The lowest BCUT2D eigenvalue weighted by Crippen LogP contribution is -2.52. The fourth-order valence-electron chi connectivity index (χ4n) is 3.99. The number of piperidine rings is 1. The quantitative estimate of drug-likeness (QED) is 0.336. The Kier molecular flexibility index (Phi) is 15.5. The van der Waals surface area contributed by atoms with Gasteiger partial charge in [-0.25, -0.2) is 14.4 Å². The Hall–Kier alpha value is -4.53. The second-order valence-electron chi connectivity index (χ2n) is 9.48. The molecule has 1 amide bonds. The Morgan fingerprint density at radius 3 is 1.66 bits per heavy atom. The van der Waals surface area contributed by atoms with Gasteiger partial charge in [-0.15, -0.1) is 0 Å². The molecule has 0 saturated carbocycles. The Balaban J connectivity index is 0.000000430. The van der Waals surface area contributed by atoms with Crippen molar-refractivity contribution in [3.63, 3.8) is 0 Å². The number of fused-ring (bicyclic) bond motifs is 1. The molecule has 4 rings (SSSR count). The molecule has 2 saturated heterocycles. The average Bonchev–Trinajstić information content (AvgIpc) is 3.46. The van der Waals surface area contributed by atoms with Crippen molar-refractivity contribution >= 4 is 23.8 Å². The van der Waals surface area contributed by atoms with Crippen LogP contribution in [0.2, 0.25) is 0 Å². The van der Waals surface area contributed by atoms with Crippen molar-refractivity contribution in [2.75, 3.05) is 13.2 Å². The van der Waals surface area contributed by atoms with Gasteiger partial charge in [0, 0.05) is 57.1 Å². The number of aromatic nitrogens is 2. The molecule has 0 bridgehead atoms. The van der Waals surface area contributed by atoms with E-state index in [0.717, 1.165) is 38.1 Å². The van der Waals surface area contributed by atoms with Crippen molar-refractivity contribution in [3.8, 4) is 0 Å². The van der Waals surface area contributed by atoms with Crippen LogP contribution in [-0.4, -0.2) is 97.8 Å². The molecule has 0 spiro atoms. The van der Waals surface area contributed by atoms with E-state index in [2.05, 4.69) is 26.3 Å². The molecule has 2 aliphatic heterocycles. The number of nitrogens with one attached hydrogen (secondary N) is 1. The molecule has 21 heteroatoms. The first-order chi connectivity index (χ1) is 21.6. The molecule has 3 atom stereocenters. The van der Waals surface area contributed by atoms with Gasteiger partial charge in [-0.05, 0) is 36.1 Å². The minimum absolute atomic E-state index is 0.0531. The summed E-state index contributed by atoms with van der Waals surface area (Å²) in [6.45, 7) is 2.87. The van der Waals surface area contributed by atoms with Gasteiger partial charge in [0.05, 0.1) is 12.0 Å². The number of carboxylic acid groups (broad SMARTS) is 3. The summed E-state index contributed by atoms with van der Waals surface area (Å²) in [5.41, 5.74) is 2.19. The average molecular weight is 695 g/mol. The van der Waals surface area contributed by atoms with Crippen molar-refractivity contribution < 1.29 is 78.7 Å². The molecule has 0 unspecified atom stereocenters. The van der Waals surface area contributed by atoms with Crippen molar-refractivity contribution in [1.29, 1.82) is 0 Å². The number of rotatable bonds is 5. The largest absolute Gasteiger partial charge is 0.490 e. The van der Waals surface area contributed by atoms with Crippen LogP contribution in [-0.2, 0) is 37.0 Å². The molecular weight excluding hydrogens is 667 g/mol. The maximum Gasteiger partial charge on any atom is 0.490 e. The van der Waals surface area contributed by atoms with Gasteiger partial charge in [-0.1, -0.05) is 12.1 Å². The van der Waals surface area contributed by atoms with E-state index in [1.54, 1.807) is 18.6 Å². The van der Waals surface area contributed by atoms with Gasteiger partial charge in [-0.3, -0.25) is 19.7 Å². The van der Waals surface area contributed by atoms with E-state index >= 15 is 0 Å². The van der Waals surface area contributed by atoms with E-state index in [-0.39, 0.29) is 17.9 Å². The van der Waals surface area contributed by atoms with Crippen LogP contribution in [0, 0.1) is 5.92 Å². The molecule has 0 aliphatic carbocycles. The maximum absolute atomic E-state index is 12.7. The minimum atomic E-state index is -5.08. The maximum atomic E-state index is 12.7. The molecule has 0 aromatic carbocycles. The first-order valence-corrected chi connectivity index (χ1v) is 12.9. The summed E-state index contributed by atoms with van der Waals surface area (Å²) in [6, 6.07) is 8.30. The molecule has 4 N–H and O–H groups in total. The van der Waals surface area contributed by atoms with E-state index < -0.39 is 36.4 Å². The summed E-state index contributed by atoms with van der Waals surface area (Å²) in [4.78, 5) is 50.1. The van der Waals surface area contributed by atoms with Crippen LogP contribution >= 0.6 is 0 Å². The van der Waals surface area contributed by atoms with Crippen molar-refractivity contribution in [1.82, 2.24) is 20.2 Å². The number of nitrogens with zero attached hydrogens (tertiary/aromatic N) is 3. The number of hydrogen-bond donors (Lipinski definition) is 4. The molecular formula is C26H27F9N4O8. The van der Waals surface area contributed by atoms with E-state index in [1.165, 1.54) is 5.56 Å². The zero-order valence-electron chi connectivity index (χ0n) is 23.7. The Labute approximate surface area is 259 Å². The van der Waals surface area contributed by atoms with Crippen LogP contribution in [0.5, 0.6) is 0 Å². The van der Waals surface area contributed by atoms with Crippen molar-refractivity contribution in [3.05, 3.63) is 60.2 Å². The zero-order chi connectivity index (χ0) is 36.0. The van der Waals surface area contributed by atoms with Gasteiger partial charge in [0.1, 0.15) is 0 Å². The highest BCUT2D eigenvalue weighted by molar-refractivity contribution is 5.79. The van der Waals surface area contributed by atoms with E-state index in [1.807, 2.05) is 24.4 Å². The molecule has 2 aliphatic rings. The number of alkyl halides is 9. The molecule has 2 fully saturated rings. The van der Waals surface area contributed by atoms with E-state index in [0.29, 0.717) is 12.6 Å². The number of carbonyl (C=O) groups excluding carboxylic acids is 1. The van der Waals surface area contributed by atoms with Gasteiger partial charge in [-0.2, -0.15) is 39.5 Å². The van der Waals surface area contributed by atoms with Crippen LogP contribution in [0.25, 0.3) is 0 Å². The third-order valence-electron chi connectivity index (χ3n) is 6.01. The molecule has 2 aromatic rings. The predicted molar refractivity (Wildman–Crippen MR) is 138 cm³/mol. The molecule has 0 radical (unpaired) electrons. The number of carboxylic acids is 3. The molecule has 47 heavy (non-hydrogen) atoms. The van der Waals surface area contributed by atoms with Crippen LogP contribution < -0.4 is 5.32 Å². The SMILES string of the molecule is O=C(NCc1cccnc1)[C@@H]1C[C@H]2OCC[C@H]2N(Cc2cccnc2)C1.O=C(O)C(F)(F)F.O=C(O)C(F)(F)F.O=C(O)C(F)(F)F. The van der Waals surface area contributed by atoms with Crippen LogP contribution in [0.4, 0.5) is 39.5 Å². The molecule has 262 valence electrons. The van der Waals surface area contributed by atoms with Crippen LogP contribution in [0.15, 0.2) is 49.1 Å². The summed E-state index contributed by atoms with van der Waals surface area (Å²) in [5, 5.41) is 24.4. The number of likely N-dealkylation sites (tertiary alicyclic amines) is 1. The summed E-state index contributed by atoms with van der Waals surface area (Å²) in [7, 11) is 0. The molecule has 2 aromatic heterocycles. The number of hydrogen-bond acceptors (Lipinski definition) is 8. The van der Waals surface area contributed by atoms with Crippen molar-refractivity contribution in [2.24, 2.45) is 5.92 Å². The Bertz CT molecular complexity index is 1240. The number of carbonyl (C=O) groups is 4. The lowest BCUT2D eigenvalue weighted by atomic mass is 9.89. The number of ether oxygens (including phenoxy) is 1. The van der Waals surface area contributed by atoms with Gasteiger partial charge in [0.25, 0.3) is 0 Å². The summed E-state index contributed by atoms with van der Waals surface area (Å²) < 4.78 is 101. The highest BCUT2D eigenvalue weighted by atomic mass is 19.4. The Morgan fingerprint density at radius 2 is 1.26 bits per heavy atom. The highest BCUT2D eigenvalue weighted by Crippen LogP contribution is 2.32. The van der Waals surface area contributed by atoms with Gasteiger partial charge in [0.15, 0.2) is 0 Å². The normalized spacial score (nSPS) is 19.2. The van der Waals surface area contributed by atoms with Gasteiger partial charge < -0.3 is 25.4 Å². The van der Waals surface area contributed by atoms with Gasteiger partial charge >= 0.3 is 36.4 Å². The van der Waals surface area contributed by atoms with Crippen LogP contribution in [0.3, 0.4) is 0 Å². The minimum Gasteiger partial charge on any atom is -0.475 e. The summed E-state index contributed by atoms with van der Waals surface area (Å²) in [5.74, 6) is -8.23. The lowest BCUT2D eigenvalue weighted by Gasteiger charge is -2.40. The standard InChI is InChI=1S/C20H24N4O2.3C2HF3O2/c25-20(23-12-15-3-1-6-21-10-15)17-9-19-18(5-8-26-19)24(14-17)13-16-4-2-7-22-11-16;3*3-2(4,5)1(6)7/h1-4,6-7,10-11,17-19H,5,8-9,12-14H2,(H,23,25);3*(H,6,7)/t17-,18-,19-;;;/m1.../s1. The first kappa shape index (κ1) is 40.5. The summed E-state index contributed by atoms with van der Waals surface area (Å²) >= 11 is 0. The number of amides is 1. The zero-order valence-corrected chi connectivity index (χ0v) is 23.7. The van der Waals surface area contributed by atoms with E-state index in [9.17, 15) is 44.3 Å². The topological polar surface area (TPSA) is 179 Å². The summed E-state index contributed by atoms with van der Waals surface area (Å²) in [6.07, 6.45) is -6.06. The lowest BCUT2D eigenvalue weighted by molar-refractivity contribution is -0.193. The van der Waals surface area contributed by atoms with Crippen LogP contribution in [0.1, 0.15) is 24.0 Å². The van der Waals surface area contributed by atoms with E-state index in [4.69, 9.17) is 34.4 Å². The predicted octanol–water partition coefficient (Wildman–Crippen LogP) is 3.67. The van der Waals surface area contributed by atoms with Crippen molar-refractivity contribution in [2.45, 2.75) is 56.6 Å². The smallest absolute Gasteiger partial charge is 0.475 e. The number of aliphatic carboxylic acids is 3. The third-order valence-corrected chi connectivity index (χ3v) is 6.01. The Morgan fingerprint density at radius 1 is 0.809 bits per heavy atom. The fourth-order valence-corrected chi connectivity index (χ4v) is 3.99. The highest BCUT2D eigenvalue weighted by Gasteiger charge is 2.42. The van der Waals surface area contributed by atoms with Gasteiger partial charge in [0.2, 0.25) is 5.91 Å². The monoisotopic (exact) mass is 694 g/mol. The second kappa shape index (κ2) is 18.0. The fraction of sp³-hybridized carbons (Fsp3) is 0.462. The first-order valence-electron chi connectivity index (χ1n) is 12.9. The number of pyridine rings is 2. The third kappa shape index (κ3) is 15.5. The molecule has 12 nitrogen and oxygen atoms in total.